The maximum atomic E-state index is 12.1. The molecule has 3 rings (SSSR count). The zero-order valence-corrected chi connectivity index (χ0v) is 9.06. The minimum absolute atomic E-state index is 0.152. The summed E-state index contributed by atoms with van der Waals surface area (Å²) in [5.41, 5.74) is 5.88. The second-order valence-electron chi connectivity index (χ2n) is 5.11. The summed E-state index contributed by atoms with van der Waals surface area (Å²) in [5.74, 6) is 0.367. The summed E-state index contributed by atoms with van der Waals surface area (Å²) in [7, 11) is 0. The van der Waals surface area contributed by atoms with E-state index < -0.39 is 0 Å². The molecule has 2 atom stereocenters. The fourth-order valence-corrected chi connectivity index (χ4v) is 2.87. The van der Waals surface area contributed by atoms with Crippen LogP contribution in [0.5, 0.6) is 0 Å². The minimum atomic E-state index is 0.152. The average molecular weight is 209 g/mol. The number of hydrogen-bond donors (Lipinski definition) is 1. The third-order valence-electron chi connectivity index (χ3n) is 3.90. The molecule has 2 aliphatic heterocycles. The number of amides is 1. The third-order valence-corrected chi connectivity index (χ3v) is 3.90. The Kier molecular flexibility index (Phi) is 2.21. The van der Waals surface area contributed by atoms with E-state index in [1.54, 1.807) is 0 Å². The lowest BCUT2D eigenvalue weighted by molar-refractivity contribution is -0.132. The van der Waals surface area contributed by atoms with Gasteiger partial charge in [-0.15, -0.1) is 0 Å². The van der Waals surface area contributed by atoms with E-state index in [4.69, 9.17) is 5.73 Å². The topological polar surface area (TPSA) is 49.6 Å². The van der Waals surface area contributed by atoms with Crippen LogP contribution in [0.1, 0.15) is 25.7 Å². The number of hydrogen-bond acceptors (Lipinski definition) is 3. The fourth-order valence-electron chi connectivity index (χ4n) is 2.87. The smallest absolute Gasteiger partial charge is 0.240 e. The van der Waals surface area contributed by atoms with Gasteiger partial charge >= 0.3 is 0 Å². The molecular formula is C11H19N3O. The van der Waals surface area contributed by atoms with Crippen LogP contribution in [0.3, 0.4) is 0 Å². The van der Waals surface area contributed by atoms with Gasteiger partial charge in [-0.05, 0) is 25.7 Å². The highest BCUT2D eigenvalue weighted by molar-refractivity contribution is 5.84. The minimum Gasteiger partial charge on any atom is -0.338 e. The second-order valence-corrected chi connectivity index (χ2v) is 5.11. The van der Waals surface area contributed by atoms with Crippen LogP contribution in [0.4, 0.5) is 0 Å². The maximum Gasteiger partial charge on any atom is 0.240 e. The summed E-state index contributed by atoms with van der Waals surface area (Å²) < 4.78 is 0. The van der Waals surface area contributed by atoms with E-state index in [0.717, 1.165) is 32.5 Å². The van der Waals surface area contributed by atoms with E-state index in [9.17, 15) is 4.79 Å². The molecule has 1 saturated carbocycles. The van der Waals surface area contributed by atoms with Crippen LogP contribution < -0.4 is 5.73 Å². The van der Waals surface area contributed by atoms with Crippen molar-refractivity contribution in [3.05, 3.63) is 0 Å². The Bertz CT molecular complexity index is 277. The summed E-state index contributed by atoms with van der Waals surface area (Å²) in [5, 5.41) is 0. The lowest BCUT2D eigenvalue weighted by atomic mass is 10.2. The summed E-state index contributed by atoms with van der Waals surface area (Å²) in [6, 6.07) is 1.02. The highest BCUT2D eigenvalue weighted by Gasteiger charge is 2.43. The Morgan fingerprint density at radius 1 is 1.13 bits per heavy atom. The number of rotatable bonds is 2. The Hall–Kier alpha value is -0.610. The number of likely N-dealkylation sites (tertiary alicyclic amines) is 2. The first-order valence-corrected chi connectivity index (χ1v) is 6.06. The van der Waals surface area contributed by atoms with Gasteiger partial charge in [0.1, 0.15) is 0 Å². The number of nitrogens with two attached hydrogens (primary N) is 1. The van der Waals surface area contributed by atoms with Gasteiger partial charge in [0, 0.05) is 31.7 Å². The monoisotopic (exact) mass is 209 g/mol. The van der Waals surface area contributed by atoms with Crippen molar-refractivity contribution in [3.8, 4) is 0 Å². The standard InChI is InChI=1S/C11H19N3O/c12-8-3-5-13(7-8)10-4-6-14(11(10)15)9-1-2-9/h8-10H,1-7,12H2/t8-,10?/m1/s1. The van der Waals surface area contributed by atoms with Crippen molar-refractivity contribution in [1.82, 2.24) is 9.80 Å². The van der Waals surface area contributed by atoms with Gasteiger partial charge in [-0.1, -0.05) is 0 Å². The molecule has 0 aromatic carbocycles. The molecule has 1 amide bonds. The van der Waals surface area contributed by atoms with Crippen molar-refractivity contribution in [2.45, 2.75) is 43.8 Å². The van der Waals surface area contributed by atoms with Gasteiger partial charge in [0.25, 0.3) is 0 Å². The van der Waals surface area contributed by atoms with E-state index in [1.165, 1.54) is 12.8 Å². The van der Waals surface area contributed by atoms with E-state index in [2.05, 4.69) is 9.80 Å². The average Bonchev–Trinajstić information content (AvgIpc) is 2.86. The summed E-state index contributed by atoms with van der Waals surface area (Å²) in [6.45, 7) is 2.89. The van der Waals surface area contributed by atoms with E-state index in [-0.39, 0.29) is 12.1 Å². The molecular weight excluding hydrogens is 190 g/mol. The van der Waals surface area contributed by atoms with Gasteiger partial charge in [0.2, 0.25) is 5.91 Å². The SMILES string of the molecule is N[C@@H]1CCN(C2CCN(C3CC3)C2=O)C1. The predicted molar refractivity (Wildman–Crippen MR) is 57.3 cm³/mol. The molecule has 3 aliphatic rings. The van der Waals surface area contributed by atoms with Crippen LogP contribution in [-0.4, -0.2) is 53.5 Å². The molecule has 3 fully saturated rings. The van der Waals surface area contributed by atoms with Crippen LogP contribution >= 0.6 is 0 Å². The van der Waals surface area contributed by atoms with Gasteiger partial charge in [0.15, 0.2) is 0 Å². The summed E-state index contributed by atoms with van der Waals surface area (Å²) in [6.07, 6.45) is 4.51. The molecule has 0 spiro atoms. The molecule has 4 heteroatoms. The van der Waals surface area contributed by atoms with Crippen molar-refractivity contribution in [1.29, 1.82) is 0 Å². The normalized spacial score (nSPS) is 37.9. The quantitative estimate of drug-likeness (QED) is 0.684. The van der Waals surface area contributed by atoms with Crippen LogP contribution in [0.15, 0.2) is 0 Å². The Balaban J connectivity index is 1.65. The van der Waals surface area contributed by atoms with E-state index in [0.29, 0.717) is 11.9 Å². The Labute approximate surface area is 90.4 Å². The number of carbonyl (C=O) groups excluding carboxylic acids is 1. The molecule has 2 N–H and O–H groups in total. The van der Waals surface area contributed by atoms with Gasteiger partial charge in [-0.3, -0.25) is 9.69 Å². The predicted octanol–water partition coefficient (Wildman–Crippen LogP) is -0.217. The van der Waals surface area contributed by atoms with Crippen LogP contribution in [0, 0.1) is 0 Å². The molecule has 0 aromatic heterocycles. The molecule has 15 heavy (non-hydrogen) atoms. The van der Waals surface area contributed by atoms with Crippen molar-refractivity contribution >= 4 is 5.91 Å². The van der Waals surface area contributed by atoms with Crippen molar-refractivity contribution in [2.75, 3.05) is 19.6 Å². The van der Waals surface area contributed by atoms with Crippen molar-refractivity contribution in [2.24, 2.45) is 5.73 Å². The molecule has 0 aromatic rings. The second kappa shape index (κ2) is 3.46. The molecule has 1 aliphatic carbocycles. The largest absolute Gasteiger partial charge is 0.338 e. The molecule has 84 valence electrons. The first-order valence-electron chi connectivity index (χ1n) is 6.06. The Morgan fingerprint density at radius 2 is 1.93 bits per heavy atom. The first-order chi connectivity index (χ1) is 7.25. The molecule has 0 bridgehead atoms. The highest BCUT2D eigenvalue weighted by atomic mass is 16.2. The zero-order chi connectivity index (χ0) is 10.4. The van der Waals surface area contributed by atoms with Gasteiger partial charge in [-0.25, -0.2) is 0 Å². The summed E-state index contributed by atoms with van der Waals surface area (Å²) in [4.78, 5) is 16.5. The summed E-state index contributed by atoms with van der Waals surface area (Å²) >= 11 is 0. The molecule has 0 radical (unpaired) electrons. The lowest BCUT2D eigenvalue weighted by Crippen LogP contribution is -2.42. The Morgan fingerprint density at radius 3 is 2.53 bits per heavy atom. The lowest BCUT2D eigenvalue weighted by Gasteiger charge is -2.22. The molecule has 1 unspecified atom stereocenters. The van der Waals surface area contributed by atoms with Gasteiger partial charge < -0.3 is 10.6 Å². The zero-order valence-electron chi connectivity index (χ0n) is 9.06. The van der Waals surface area contributed by atoms with E-state index >= 15 is 0 Å². The fraction of sp³-hybridized carbons (Fsp3) is 0.909. The maximum absolute atomic E-state index is 12.1. The molecule has 4 nitrogen and oxygen atoms in total. The third kappa shape index (κ3) is 1.66. The van der Waals surface area contributed by atoms with Gasteiger partial charge in [0.05, 0.1) is 6.04 Å². The van der Waals surface area contributed by atoms with Crippen molar-refractivity contribution in [3.63, 3.8) is 0 Å². The van der Waals surface area contributed by atoms with E-state index in [1.807, 2.05) is 0 Å². The van der Waals surface area contributed by atoms with Crippen LogP contribution in [0.25, 0.3) is 0 Å². The first kappa shape index (κ1) is 9.60. The van der Waals surface area contributed by atoms with Gasteiger partial charge in [-0.2, -0.15) is 0 Å². The molecule has 2 heterocycles. The molecule has 2 saturated heterocycles. The van der Waals surface area contributed by atoms with Crippen LogP contribution in [-0.2, 0) is 4.79 Å². The number of carbonyl (C=O) groups is 1. The van der Waals surface area contributed by atoms with Crippen LogP contribution in [0.2, 0.25) is 0 Å². The number of nitrogens with zero attached hydrogens (tertiary/aromatic N) is 2. The van der Waals surface area contributed by atoms with Crippen molar-refractivity contribution < 1.29 is 4.79 Å². The highest BCUT2D eigenvalue weighted by Crippen LogP contribution is 2.32.